The van der Waals surface area contributed by atoms with Gasteiger partial charge in [0.1, 0.15) is 17.3 Å². The lowest BCUT2D eigenvalue weighted by molar-refractivity contribution is -0.123. The van der Waals surface area contributed by atoms with Gasteiger partial charge in [0.2, 0.25) is 0 Å². The van der Waals surface area contributed by atoms with Crippen molar-refractivity contribution in [2.24, 2.45) is 5.10 Å². The van der Waals surface area contributed by atoms with Gasteiger partial charge in [-0.25, -0.2) is 9.82 Å². The molecule has 0 aromatic heterocycles. The van der Waals surface area contributed by atoms with Crippen LogP contribution in [0.25, 0.3) is 0 Å². The van der Waals surface area contributed by atoms with Gasteiger partial charge in [-0.1, -0.05) is 12.1 Å². The second kappa shape index (κ2) is 7.93. The SMILES string of the molecule is COc1ccc(OCC(=O)N/N=C(\C)c2ccc(F)cc2)cc1. The smallest absolute Gasteiger partial charge is 0.277 e. The largest absolute Gasteiger partial charge is 0.497 e. The van der Waals surface area contributed by atoms with Crippen molar-refractivity contribution < 1.29 is 18.7 Å². The number of nitrogens with zero attached hydrogens (tertiary/aromatic N) is 1. The number of hydrogen-bond donors (Lipinski definition) is 1. The van der Waals surface area contributed by atoms with Crippen LogP contribution in [0.2, 0.25) is 0 Å². The highest BCUT2D eigenvalue weighted by Gasteiger charge is 2.03. The zero-order chi connectivity index (χ0) is 16.7. The highest BCUT2D eigenvalue weighted by Crippen LogP contribution is 2.16. The summed E-state index contributed by atoms with van der Waals surface area (Å²) in [5.41, 5.74) is 3.69. The summed E-state index contributed by atoms with van der Waals surface area (Å²) < 4.78 is 23.2. The van der Waals surface area contributed by atoms with Gasteiger partial charge >= 0.3 is 0 Å². The molecule has 0 saturated heterocycles. The van der Waals surface area contributed by atoms with Crippen LogP contribution < -0.4 is 14.9 Å². The number of carbonyl (C=O) groups excluding carboxylic acids is 1. The van der Waals surface area contributed by atoms with E-state index in [0.717, 1.165) is 5.56 Å². The number of halogens is 1. The van der Waals surface area contributed by atoms with E-state index in [-0.39, 0.29) is 18.3 Å². The minimum Gasteiger partial charge on any atom is -0.497 e. The van der Waals surface area contributed by atoms with Gasteiger partial charge in [0.15, 0.2) is 6.61 Å². The Balaban J connectivity index is 1.84. The highest BCUT2D eigenvalue weighted by atomic mass is 19.1. The van der Waals surface area contributed by atoms with E-state index in [0.29, 0.717) is 17.2 Å². The Hall–Kier alpha value is -2.89. The van der Waals surface area contributed by atoms with Crippen LogP contribution in [-0.2, 0) is 4.79 Å². The van der Waals surface area contributed by atoms with E-state index in [1.165, 1.54) is 12.1 Å². The molecule has 2 rings (SSSR count). The number of amides is 1. The number of carbonyl (C=O) groups is 1. The molecule has 0 aliphatic heterocycles. The minimum absolute atomic E-state index is 0.160. The van der Waals surface area contributed by atoms with Crippen LogP contribution in [0.3, 0.4) is 0 Å². The molecule has 0 atom stereocenters. The quantitative estimate of drug-likeness (QED) is 0.658. The summed E-state index contributed by atoms with van der Waals surface area (Å²) in [4.78, 5) is 11.7. The summed E-state index contributed by atoms with van der Waals surface area (Å²) in [6, 6.07) is 12.8. The molecule has 0 heterocycles. The van der Waals surface area contributed by atoms with E-state index in [4.69, 9.17) is 9.47 Å². The van der Waals surface area contributed by atoms with Crippen molar-refractivity contribution in [2.45, 2.75) is 6.92 Å². The Morgan fingerprint density at radius 1 is 1.09 bits per heavy atom. The molecule has 2 aromatic rings. The first-order valence-electron chi connectivity index (χ1n) is 6.94. The molecule has 120 valence electrons. The Kier molecular flexibility index (Phi) is 5.68. The van der Waals surface area contributed by atoms with E-state index in [1.807, 2.05) is 0 Å². The number of hydrazone groups is 1. The molecule has 2 aromatic carbocycles. The second-order valence-corrected chi connectivity index (χ2v) is 4.70. The van der Waals surface area contributed by atoms with Crippen LogP contribution in [0.15, 0.2) is 53.6 Å². The maximum atomic E-state index is 12.8. The molecule has 0 radical (unpaired) electrons. The summed E-state index contributed by atoms with van der Waals surface area (Å²) >= 11 is 0. The minimum atomic E-state index is -0.387. The van der Waals surface area contributed by atoms with Crippen LogP contribution in [0.5, 0.6) is 11.5 Å². The van der Waals surface area contributed by atoms with E-state index < -0.39 is 0 Å². The number of methoxy groups -OCH3 is 1. The Morgan fingerprint density at radius 3 is 2.30 bits per heavy atom. The van der Waals surface area contributed by atoms with E-state index in [9.17, 15) is 9.18 Å². The third kappa shape index (κ3) is 5.10. The predicted molar refractivity (Wildman–Crippen MR) is 85.2 cm³/mol. The molecule has 0 bridgehead atoms. The van der Waals surface area contributed by atoms with Gasteiger partial charge in [0.25, 0.3) is 5.91 Å². The standard InChI is InChI=1S/C17H17FN2O3/c1-12(13-3-5-14(18)6-4-13)19-20-17(21)11-23-16-9-7-15(22-2)8-10-16/h3-10H,11H2,1-2H3,(H,20,21)/b19-12+. The molecular weight excluding hydrogens is 299 g/mol. The molecule has 0 saturated carbocycles. The molecule has 1 amide bonds. The lowest BCUT2D eigenvalue weighted by Gasteiger charge is -2.06. The summed E-state index contributed by atoms with van der Waals surface area (Å²) in [6.07, 6.45) is 0. The van der Waals surface area contributed by atoms with Crippen LogP contribution in [-0.4, -0.2) is 25.3 Å². The average molecular weight is 316 g/mol. The van der Waals surface area contributed by atoms with E-state index in [1.54, 1.807) is 50.4 Å². The molecule has 5 nitrogen and oxygen atoms in total. The van der Waals surface area contributed by atoms with Gasteiger partial charge in [0.05, 0.1) is 12.8 Å². The molecule has 0 unspecified atom stereocenters. The van der Waals surface area contributed by atoms with Gasteiger partial charge < -0.3 is 9.47 Å². The molecule has 0 aliphatic rings. The normalized spacial score (nSPS) is 11.0. The first-order chi connectivity index (χ1) is 11.1. The van der Waals surface area contributed by atoms with Crippen LogP contribution >= 0.6 is 0 Å². The van der Waals surface area contributed by atoms with Crippen molar-refractivity contribution >= 4 is 11.6 Å². The maximum Gasteiger partial charge on any atom is 0.277 e. The summed E-state index contributed by atoms with van der Waals surface area (Å²) in [5.74, 6) is 0.558. The average Bonchev–Trinajstić information content (AvgIpc) is 2.59. The number of ether oxygens (including phenoxy) is 2. The maximum absolute atomic E-state index is 12.8. The fourth-order valence-electron chi connectivity index (χ4n) is 1.75. The molecule has 23 heavy (non-hydrogen) atoms. The first-order valence-corrected chi connectivity index (χ1v) is 6.94. The van der Waals surface area contributed by atoms with Crippen LogP contribution in [0.4, 0.5) is 4.39 Å². The highest BCUT2D eigenvalue weighted by molar-refractivity contribution is 5.99. The van der Waals surface area contributed by atoms with Crippen molar-refractivity contribution in [1.82, 2.24) is 5.43 Å². The van der Waals surface area contributed by atoms with E-state index >= 15 is 0 Å². The topological polar surface area (TPSA) is 59.9 Å². The molecule has 0 aliphatic carbocycles. The van der Waals surface area contributed by atoms with Gasteiger partial charge in [0, 0.05) is 0 Å². The first kappa shape index (κ1) is 16.5. The fraction of sp³-hybridized carbons (Fsp3) is 0.176. The third-order valence-corrected chi connectivity index (χ3v) is 3.04. The number of benzene rings is 2. The summed E-state index contributed by atoms with van der Waals surface area (Å²) in [7, 11) is 1.57. The number of rotatable bonds is 6. The van der Waals surface area contributed by atoms with Crippen LogP contribution in [0.1, 0.15) is 12.5 Å². The molecule has 0 spiro atoms. The Bertz CT molecular complexity index is 682. The molecule has 1 N–H and O–H groups in total. The predicted octanol–water partition coefficient (Wildman–Crippen LogP) is 2.75. The lowest BCUT2D eigenvalue weighted by Crippen LogP contribution is -2.25. The third-order valence-electron chi connectivity index (χ3n) is 3.04. The van der Waals surface area contributed by atoms with Gasteiger partial charge in [-0.3, -0.25) is 4.79 Å². The van der Waals surface area contributed by atoms with E-state index in [2.05, 4.69) is 10.5 Å². The zero-order valence-corrected chi connectivity index (χ0v) is 12.9. The van der Waals surface area contributed by atoms with Gasteiger partial charge in [-0.05, 0) is 48.9 Å². The van der Waals surface area contributed by atoms with Crippen molar-refractivity contribution in [1.29, 1.82) is 0 Å². The molecule has 0 fully saturated rings. The summed E-state index contributed by atoms with van der Waals surface area (Å²) in [5, 5.41) is 3.96. The van der Waals surface area contributed by atoms with Gasteiger partial charge in [-0.15, -0.1) is 0 Å². The van der Waals surface area contributed by atoms with Crippen molar-refractivity contribution in [3.8, 4) is 11.5 Å². The van der Waals surface area contributed by atoms with Crippen LogP contribution in [0, 0.1) is 5.82 Å². The number of hydrogen-bond acceptors (Lipinski definition) is 4. The van der Waals surface area contributed by atoms with Crippen molar-refractivity contribution in [3.05, 3.63) is 59.9 Å². The fourth-order valence-corrected chi connectivity index (χ4v) is 1.75. The molecular formula is C17H17FN2O3. The Labute approximate surface area is 133 Å². The summed E-state index contributed by atoms with van der Waals surface area (Å²) in [6.45, 7) is 1.56. The van der Waals surface area contributed by atoms with Gasteiger partial charge in [-0.2, -0.15) is 5.10 Å². The monoisotopic (exact) mass is 316 g/mol. The second-order valence-electron chi connectivity index (χ2n) is 4.70. The number of nitrogens with one attached hydrogen (secondary N) is 1. The van der Waals surface area contributed by atoms with Crippen molar-refractivity contribution in [2.75, 3.05) is 13.7 Å². The van der Waals surface area contributed by atoms with Crippen molar-refractivity contribution in [3.63, 3.8) is 0 Å². The zero-order valence-electron chi connectivity index (χ0n) is 12.9. The lowest BCUT2D eigenvalue weighted by atomic mass is 10.1. The Morgan fingerprint density at radius 2 is 1.70 bits per heavy atom. The molecule has 6 heteroatoms.